The second-order valence-corrected chi connectivity index (χ2v) is 6.18. The SMILES string of the molecule is O=C(CCNC(=O)c1ccc(Br)cc1)OC1CCCCC1. The first-order chi connectivity index (χ1) is 10.1. The van der Waals surface area contributed by atoms with Crippen molar-refractivity contribution in [3.05, 3.63) is 34.3 Å². The highest BCUT2D eigenvalue weighted by Crippen LogP contribution is 2.20. The fraction of sp³-hybridized carbons (Fsp3) is 0.500. The number of rotatable bonds is 5. The Hall–Kier alpha value is -1.36. The molecule has 1 amide bonds. The standard InChI is InChI=1S/C16H20BrNO3/c17-13-8-6-12(7-9-13)16(20)18-11-10-15(19)21-14-4-2-1-3-5-14/h6-9,14H,1-5,10-11H2,(H,18,20). The molecule has 21 heavy (non-hydrogen) atoms. The van der Waals surface area contributed by atoms with Crippen LogP contribution in [0.25, 0.3) is 0 Å². The summed E-state index contributed by atoms with van der Waals surface area (Å²) in [6.45, 7) is 0.306. The Morgan fingerprint density at radius 1 is 1.14 bits per heavy atom. The molecule has 1 N–H and O–H groups in total. The summed E-state index contributed by atoms with van der Waals surface area (Å²) >= 11 is 3.32. The third-order valence-electron chi connectivity index (χ3n) is 3.57. The lowest BCUT2D eigenvalue weighted by molar-refractivity contribution is -0.150. The molecule has 1 fully saturated rings. The van der Waals surface area contributed by atoms with Crippen LogP contribution in [0.2, 0.25) is 0 Å². The number of ether oxygens (including phenoxy) is 1. The molecule has 5 heteroatoms. The maximum Gasteiger partial charge on any atom is 0.307 e. The predicted molar refractivity (Wildman–Crippen MR) is 84.1 cm³/mol. The molecular formula is C16H20BrNO3. The zero-order valence-electron chi connectivity index (χ0n) is 11.9. The van der Waals surface area contributed by atoms with Gasteiger partial charge in [-0.25, -0.2) is 0 Å². The average Bonchev–Trinajstić information content (AvgIpc) is 2.49. The molecule has 0 unspecified atom stereocenters. The topological polar surface area (TPSA) is 55.4 Å². The van der Waals surface area contributed by atoms with Gasteiger partial charge in [-0.15, -0.1) is 0 Å². The quantitative estimate of drug-likeness (QED) is 0.824. The summed E-state index contributed by atoms with van der Waals surface area (Å²) in [6, 6.07) is 7.10. The Morgan fingerprint density at radius 3 is 2.48 bits per heavy atom. The van der Waals surface area contributed by atoms with Crippen LogP contribution in [0.5, 0.6) is 0 Å². The van der Waals surface area contributed by atoms with Gasteiger partial charge in [0.15, 0.2) is 0 Å². The number of hydrogen-bond donors (Lipinski definition) is 1. The predicted octanol–water partition coefficient (Wildman–Crippen LogP) is 3.44. The summed E-state index contributed by atoms with van der Waals surface area (Å²) in [5, 5.41) is 2.73. The fourth-order valence-corrected chi connectivity index (χ4v) is 2.67. The molecule has 1 aliphatic carbocycles. The van der Waals surface area contributed by atoms with Crippen molar-refractivity contribution in [2.24, 2.45) is 0 Å². The fourth-order valence-electron chi connectivity index (χ4n) is 2.41. The largest absolute Gasteiger partial charge is 0.462 e. The highest BCUT2D eigenvalue weighted by molar-refractivity contribution is 9.10. The van der Waals surface area contributed by atoms with Gasteiger partial charge in [0.05, 0.1) is 6.42 Å². The summed E-state index contributed by atoms with van der Waals surface area (Å²) in [6.07, 6.45) is 5.74. The van der Waals surface area contributed by atoms with Crippen LogP contribution in [0.15, 0.2) is 28.7 Å². The van der Waals surface area contributed by atoms with E-state index >= 15 is 0 Å². The van der Waals surface area contributed by atoms with Crippen molar-refractivity contribution in [1.29, 1.82) is 0 Å². The van der Waals surface area contributed by atoms with Crippen LogP contribution >= 0.6 is 15.9 Å². The lowest BCUT2D eigenvalue weighted by Crippen LogP contribution is -2.28. The number of hydrogen-bond acceptors (Lipinski definition) is 3. The Labute approximate surface area is 133 Å². The number of carbonyl (C=O) groups is 2. The first-order valence-electron chi connectivity index (χ1n) is 7.38. The van der Waals surface area contributed by atoms with Crippen molar-refractivity contribution in [2.45, 2.75) is 44.6 Å². The number of carbonyl (C=O) groups excluding carboxylic acids is 2. The highest BCUT2D eigenvalue weighted by Gasteiger charge is 2.17. The molecule has 2 rings (SSSR count). The zero-order chi connectivity index (χ0) is 15.1. The second kappa shape index (κ2) is 8.17. The molecule has 1 saturated carbocycles. The number of benzene rings is 1. The molecule has 0 aliphatic heterocycles. The van der Waals surface area contributed by atoms with Crippen LogP contribution in [0, 0.1) is 0 Å². The molecule has 0 aromatic heterocycles. The van der Waals surface area contributed by atoms with Crippen molar-refractivity contribution in [3.8, 4) is 0 Å². The normalized spacial score (nSPS) is 15.5. The lowest BCUT2D eigenvalue weighted by atomic mass is 9.98. The van der Waals surface area contributed by atoms with E-state index in [0.717, 1.165) is 30.2 Å². The smallest absolute Gasteiger partial charge is 0.307 e. The van der Waals surface area contributed by atoms with Crippen LogP contribution < -0.4 is 5.32 Å². The molecule has 0 spiro atoms. The minimum Gasteiger partial charge on any atom is -0.462 e. The molecule has 0 bridgehead atoms. The Morgan fingerprint density at radius 2 is 1.81 bits per heavy atom. The van der Waals surface area contributed by atoms with E-state index in [2.05, 4.69) is 21.2 Å². The van der Waals surface area contributed by atoms with Gasteiger partial charge in [0.1, 0.15) is 6.10 Å². The maximum absolute atomic E-state index is 11.8. The third-order valence-corrected chi connectivity index (χ3v) is 4.10. The van der Waals surface area contributed by atoms with Gasteiger partial charge in [0.25, 0.3) is 5.91 Å². The summed E-state index contributed by atoms with van der Waals surface area (Å²) < 4.78 is 6.32. The minimum atomic E-state index is -0.224. The lowest BCUT2D eigenvalue weighted by Gasteiger charge is -2.21. The summed E-state index contributed by atoms with van der Waals surface area (Å²) in [7, 11) is 0. The minimum absolute atomic E-state index is 0.0772. The van der Waals surface area contributed by atoms with Crippen molar-refractivity contribution in [1.82, 2.24) is 5.32 Å². The van der Waals surface area contributed by atoms with Crippen molar-refractivity contribution >= 4 is 27.8 Å². The van der Waals surface area contributed by atoms with Gasteiger partial charge in [-0.2, -0.15) is 0 Å². The highest BCUT2D eigenvalue weighted by atomic mass is 79.9. The van der Waals surface area contributed by atoms with Gasteiger partial charge >= 0.3 is 5.97 Å². The number of esters is 1. The van der Waals surface area contributed by atoms with Gasteiger partial charge < -0.3 is 10.1 Å². The van der Waals surface area contributed by atoms with Gasteiger partial charge in [-0.3, -0.25) is 9.59 Å². The summed E-state index contributed by atoms with van der Waals surface area (Å²) in [5.41, 5.74) is 0.582. The van der Waals surface area contributed by atoms with E-state index in [1.807, 2.05) is 12.1 Å². The molecule has 1 aromatic carbocycles. The van der Waals surface area contributed by atoms with E-state index in [9.17, 15) is 9.59 Å². The Bertz CT molecular complexity index is 481. The molecule has 0 atom stereocenters. The Kier molecular flexibility index (Phi) is 6.23. The molecule has 0 heterocycles. The first-order valence-corrected chi connectivity index (χ1v) is 8.18. The van der Waals surface area contributed by atoms with E-state index in [0.29, 0.717) is 12.1 Å². The van der Waals surface area contributed by atoms with Crippen molar-refractivity contribution in [2.75, 3.05) is 6.54 Å². The molecule has 0 radical (unpaired) electrons. The summed E-state index contributed by atoms with van der Waals surface area (Å²) in [5.74, 6) is -0.397. The van der Waals surface area contributed by atoms with Crippen LogP contribution in [-0.4, -0.2) is 24.5 Å². The van der Waals surface area contributed by atoms with Crippen LogP contribution in [-0.2, 0) is 9.53 Å². The molecular weight excluding hydrogens is 334 g/mol. The molecule has 0 saturated heterocycles. The summed E-state index contributed by atoms with van der Waals surface area (Å²) in [4.78, 5) is 23.5. The molecule has 114 valence electrons. The van der Waals surface area contributed by atoms with E-state index in [1.165, 1.54) is 6.42 Å². The van der Waals surface area contributed by atoms with Crippen LogP contribution in [0.1, 0.15) is 48.9 Å². The van der Waals surface area contributed by atoms with Gasteiger partial charge in [-0.05, 0) is 49.9 Å². The number of amides is 1. The van der Waals surface area contributed by atoms with Gasteiger partial charge in [0, 0.05) is 16.6 Å². The van der Waals surface area contributed by atoms with Gasteiger partial charge in [-0.1, -0.05) is 22.4 Å². The molecule has 4 nitrogen and oxygen atoms in total. The van der Waals surface area contributed by atoms with E-state index < -0.39 is 0 Å². The van der Waals surface area contributed by atoms with E-state index in [-0.39, 0.29) is 24.4 Å². The Balaban J connectivity index is 1.67. The zero-order valence-corrected chi connectivity index (χ0v) is 13.5. The van der Waals surface area contributed by atoms with Crippen molar-refractivity contribution < 1.29 is 14.3 Å². The first kappa shape index (κ1) is 16.0. The van der Waals surface area contributed by atoms with E-state index in [1.54, 1.807) is 12.1 Å². The maximum atomic E-state index is 11.8. The van der Waals surface area contributed by atoms with Crippen molar-refractivity contribution in [3.63, 3.8) is 0 Å². The molecule has 1 aromatic rings. The van der Waals surface area contributed by atoms with Crippen LogP contribution in [0.3, 0.4) is 0 Å². The van der Waals surface area contributed by atoms with Crippen LogP contribution in [0.4, 0.5) is 0 Å². The third kappa shape index (κ3) is 5.50. The number of nitrogens with one attached hydrogen (secondary N) is 1. The van der Waals surface area contributed by atoms with E-state index in [4.69, 9.17) is 4.74 Å². The monoisotopic (exact) mass is 353 g/mol. The molecule has 1 aliphatic rings. The van der Waals surface area contributed by atoms with Gasteiger partial charge in [0.2, 0.25) is 0 Å². The second-order valence-electron chi connectivity index (χ2n) is 5.26. The average molecular weight is 354 g/mol. The number of halogens is 1.